The average molecular weight is 231 g/mol. The summed E-state index contributed by atoms with van der Waals surface area (Å²) in [5.41, 5.74) is 2.75. The van der Waals surface area contributed by atoms with Gasteiger partial charge in [-0.3, -0.25) is 5.43 Å². The largest absolute Gasteiger partial charge is 0.394 e. The molecule has 0 unspecified atom stereocenters. The van der Waals surface area contributed by atoms with E-state index in [0.717, 1.165) is 0 Å². The van der Waals surface area contributed by atoms with Crippen molar-refractivity contribution >= 4 is 0 Å². The molecule has 0 spiro atoms. The van der Waals surface area contributed by atoms with Gasteiger partial charge in [0.2, 0.25) is 0 Å². The molecule has 16 heavy (non-hydrogen) atoms. The SMILES string of the molecule is OC[C@H]1OC[C@@H](Nn2cnnn2)[C@@H](O)[C@H]1O. The highest BCUT2D eigenvalue weighted by Gasteiger charge is 2.38. The lowest BCUT2D eigenvalue weighted by molar-refractivity contribution is -0.154. The fraction of sp³-hybridized carbons (Fsp3) is 0.857. The smallest absolute Gasteiger partial charge is 0.161 e. The molecule has 9 nitrogen and oxygen atoms in total. The van der Waals surface area contributed by atoms with Crippen LogP contribution in [-0.2, 0) is 4.74 Å². The number of hydrogen-bond acceptors (Lipinski definition) is 8. The van der Waals surface area contributed by atoms with E-state index in [-0.39, 0.29) is 13.2 Å². The van der Waals surface area contributed by atoms with E-state index in [1.165, 1.54) is 11.1 Å². The Kier molecular flexibility index (Phi) is 3.29. The predicted octanol–water partition coefficient (Wildman–Crippen LogP) is -3.30. The van der Waals surface area contributed by atoms with Crippen molar-refractivity contribution < 1.29 is 20.1 Å². The van der Waals surface area contributed by atoms with Gasteiger partial charge in [0.1, 0.15) is 18.3 Å². The molecule has 0 bridgehead atoms. The Bertz CT molecular complexity index is 321. The first-order valence-electron chi connectivity index (χ1n) is 4.80. The van der Waals surface area contributed by atoms with Gasteiger partial charge in [-0.1, -0.05) is 0 Å². The fourth-order valence-electron chi connectivity index (χ4n) is 1.55. The van der Waals surface area contributed by atoms with E-state index in [1.54, 1.807) is 0 Å². The molecule has 4 atom stereocenters. The van der Waals surface area contributed by atoms with Crippen LogP contribution in [0.5, 0.6) is 0 Å². The van der Waals surface area contributed by atoms with Crippen LogP contribution in [0.4, 0.5) is 0 Å². The maximum absolute atomic E-state index is 9.75. The van der Waals surface area contributed by atoms with Gasteiger partial charge in [-0.25, -0.2) is 0 Å². The first-order chi connectivity index (χ1) is 7.72. The molecule has 1 aliphatic rings. The van der Waals surface area contributed by atoms with Crippen molar-refractivity contribution in [3.63, 3.8) is 0 Å². The molecule has 0 radical (unpaired) electrons. The van der Waals surface area contributed by atoms with Crippen molar-refractivity contribution in [2.75, 3.05) is 18.6 Å². The molecule has 2 rings (SSSR count). The van der Waals surface area contributed by atoms with Crippen LogP contribution in [-0.4, -0.2) is 73.2 Å². The standard InChI is InChI=1S/C7H13N5O4/c13-1-5-7(15)6(14)4(2-16-5)9-12-3-8-10-11-12/h3-7,9,13-15H,1-2H2/t4-,5-,6-,7+/m1/s1. The number of hydrogen-bond donors (Lipinski definition) is 4. The summed E-state index contributed by atoms with van der Waals surface area (Å²) >= 11 is 0. The van der Waals surface area contributed by atoms with Crippen molar-refractivity contribution in [1.82, 2.24) is 20.3 Å². The van der Waals surface area contributed by atoms with Crippen molar-refractivity contribution in [3.8, 4) is 0 Å². The molecule has 0 amide bonds. The van der Waals surface area contributed by atoms with Crippen molar-refractivity contribution in [3.05, 3.63) is 6.33 Å². The number of aliphatic hydroxyl groups is 3. The highest BCUT2D eigenvalue weighted by atomic mass is 16.5. The van der Waals surface area contributed by atoms with E-state index >= 15 is 0 Å². The molecule has 0 aromatic carbocycles. The Morgan fingerprint density at radius 3 is 2.88 bits per heavy atom. The lowest BCUT2D eigenvalue weighted by Gasteiger charge is -2.36. The number of nitrogens with one attached hydrogen (secondary N) is 1. The zero-order valence-corrected chi connectivity index (χ0v) is 8.34. The molecule has 1 fully saturated rings. The third-order valence-corrected chi connectivity index (χ3v) is 2.46. The van der Waals surface area contributed by atoms with Gasteiger partial charge in [0.15, 0.2) is 6.33 Å². The van der Waals surface area contributed by atoms with E-state index in [4.69, 9.17) is 9.84 Å². The van der Waals surface area contributed by atoms with Gasteiger partial charge in [0.25, 0.3) is 0 Å². The Hall–Kier alpha value is -1.29. The molecule has 1 saturated heterocycles. The maximum atomic E-state index is 9.75. The molecule has 9 heteroatoms. The first-order valence-corrected chi connectivity index (χ1v) is 4.80. The number of nitrogens with zero attached hydrogens (tertiary/aromatic N) is 4. The van der Waals surface area contributed by atoms with Crippen LogP contribution in [0.2, 0.25) is 0 Å². The summed E-state index contributed by atoms with van der Waals surface area (Å²) in [6.07, 6.45) is -1.65. The number of aromatic nitrogens is 4. The summed E-state index contributed by atoms with van der Waals surface area (Å²) in [6, 6.07) is -0.540. The summed E-state index contributed by atoms with van der Waals surface area (Å²) in [6.45, 7) is -0.195. The van der Waals surface area contributed by atoms with E-state index < -0.39 is 24.4 Å². The van der Waals surface area contributed by atoms with E-state index in [9.17, 15) is 10.2 Å². The number of aliphatic hydroxyl groups excluding tert-OH is 3. The number of rotatable bonds is 3. The minimum absolute atomic E-state index is 0.142. The molecule has 1 aliphatic heterocycles. The monoisotopic (exact) mass is 231 g/mol. The van der Waals surface area contributed by atoms with Gasteiger partial charge in [0, 0.05) is 0 Å². The Morgan fingerprint density at radius 1 is 1.44 bits per heavy atom. The van der Waals surface area contributed by atoms with Crippen LogP contribution in [0.3, 0.4) is 0 Å². The molecule has 1 aromatic rings. The highest BCUT2D eigenvalue weighted by molar-refractivity contribution is 4.95. The van der Waals surface area contributed by atoms with Crippen LogP contribution < -0.4 is 5.43 Å². The third-order valence-electron chi connectivity index (χ3n) is 2.46. The summed E-state index contributed by atoms with van der Waals surface area (Å²) in [5, 5.41) is 38.6. The first kappa shape index (κ1) is 11.2. The minimum atomic E-state index is -1.15. The highest BCUT2D eigenvalue weighted by Crippen LogP contribution is 2.15. The van der Waals surface area contributed by atoms with Gasteiger partial charge >= 0.3 is 0 Å². The van der Waals surface area contributed by atoms with Crippen LogP contribution in [0.1, 0.15) is 0 Å². The maximum Gasteiger partial charge on any atom is 0.161 e. The molecule has 0 saturated carbocycles. The van der Waals surface area contributed by atoms with Crippen LogP contribution in [0.25, 0.3) is 0 Å². The Balaban J connectivity index is 1.97. The summed E-state index contributed by atoms with van der Waals surface area (Å²) in [4.78, 5) is 1.21. The van der Waals surface area contributed by atoms with Crippen molar-refractivity contribution in [2.45, 2.75) is 24.4 Å². The van der Waals surface area contributed by atoms with E-state index in [0.29, 0.717) is 0 Å². The normalized spacial score (nSPS) is 34.9. The Labute approximate surface area is 90.6 Å². The van der Waals surface area contributed by atoms with Gasteiger partial charge in [-0.15, -0.1) is 9.89 Å². The molecule has 90 valence electrons. The van der Waals surface area contributed by atoms with Crippen LogP contribution >= 0.6 is 0 Å². The third kappa shape index (κ3) is 2.11. The molecule has 1 aromatic heterocycles. The van der Waals surface area contributed by atoms with Gasteiger partial charge in [-0.2, -0.15) is 0 Å². The molecular weight excluding hydrogens is 218 g/mol. The summed E-state index contributed by atoms with van der Waals surface area (Å²) < 4.78 is 5.17. The van der Waals surface area contributed by atoms with Gasteiger partial charge < -0.3 is 20.1 Å². The second-order valence-corrected chi connectivity index (χ2v) is 3.53. The van der Waals surface area contributed by atoms with E-state index in [2.05, 4.69) is 21.0 Å². The summed E-state index contributed by atoms with van der Waals surface area (Å²) in [7, 11) is 0. The summed E-state index contributed by atoms with van der Waals surface area (Å²) in [5.74, 6) is 0. The zero-order valence-electron chi connectivity index (χ0n) is 8.34. The van der Waals surface area contributed by atoms with Gasteiger partial charge in [-0.05, 0) is 10.4 Å². The van der Waals surface area contributed by atoms with Gasteiger partial charge in [0.05, 0.1) is 19.3 Å². The second-order valence-electron chi connectivity index (χ2n) is 3.53. The molecular formula is C7H13N5O4. The second kappa shape index (κ2) is 4.70. The zero-order chi connectivity index (χ0) is 11.5. The quantitative estimate of drug-likeness (QED) is 0.426. The predicted molar refractivity (Wildman–Crippen MR) is 49.8 cm³/mol. The Morgan fingerprint density at radius 2 is 2.25 bits per heavy atom. The lowest BCUT2D eigenvalue weighted by atomic mass is 9.99. The van der Waals surface area contributed by atoms with Crippen molar-refractivity contribution in [1.29, 1.82) is 0 Å². The number of ether oxygens (including phenoxy) is 1. The van der Waals surface area contributed by atoms with E-state index in [1.807, 2.05) is 0 Å². The minimum Gasteiger partial charge on any atom is -0.394 e. The van der Waals surface area contributed by atoms with Crippen LogP contribution in [0.15, 0.2) is 6.33 Å². The average Bonchev–Trinajstić information content (AvgIpc) is 2.78. The van der Waals surface area contributed by atoms with Crippen molar-refractivity contribution in [2.24, 2.45) is 0 Å². The molecule has 4 N–H and O–H groups in total. The molecule has 0 aliphatic carbocycles. The molecule has 2 heterocycles. The lowest BCUT2D eigenvalue weighted by Crippen LogP contribution is -2.58. The van der Waals surface area contributed by atoms with Crippen LogP contribution in [0, 0.1) is 0 Å². The topological polar surface area (TPSA) is 126 Å². The number of tetrazole rings is 1. The fourth-order valence-corrected chi connectivity index (χ4v) is 1.55.